The number of thiazole rings is 1. The Bertz CT molecular complexity index is 1780. The summed E-state index contributed by atoms with van der Waals surface area (Å²) >= 11 is 2.91. The largest absolute Gasteiger partial charge is 0.496 e. The SMILES string of the molecule is COc1cc(OCc2csc(-c3ccc(C(OC)N(C)CCO)cc3)n2)c2cc(-c3cn4nc(OC)sc4n3)oc2c1. The average Bonchev–Trinajstić information content (AvgIpc) is 3.79. The number of methoxy groups -OCH3 is 3. The van der Waals surface area contributed by atoms with E-state index in [-0.39, 0.29) is 19.4 Å². The van der Waals surface area contributed by atoms with Crippen molar-refractivity contribution in [2.24, 2.45) is 0 Å². The number of hydrogen-bond donors (Lipinski definition) is 1. The van der Waals surface area contributed by atoms with E-state index >= 15 is 0 Å². The summed E-state index contributed by atoms with van der Waals surface area (Å²) in [4.78, 5) is 12.1. The van der Waals surface area contributed by atoms with Crippen LogP contribution in [-0.2, 0) is 11.3 Å². The molecule has 0 aliphatic rings. The molecule has 0 saturated carbocycles. The van der Waals surface area contributed by atoms with Crippen molar-refractivity contribution in [3.8, 4) is 38.7 Å². The molecule has 4 aromatic heterocycles. The number of imidazole rings is 1. The molecule has 4 heterocycles. The van der Waals surface area contributed by atoms with E-state index in [1.165, 1.54) is 11.3 Å². The second-order valence-corrected chi connectivity index (χ2v) is 11.2. The van der Waals surface area contributed by atoms with Gasteiger partial charge in [-0.1, -0.05) is 24.3 Å². The Morgan fingerprint density at radius 2 is 1.90 bits per heavy atom. The van der Waals surface area contributed by atoms with E-state index in [0.29, 0.717) is 45.2 Å². The smallest absolute Gasteiger partial charge is 0.294 e. The molecule has 1 N–H and O–H groups in total. The van der Waals surface area contributed by atoms with Crippen LogP contribution in [0.4, 0.5) is 0 Å². The van der Waals surface area contributed by atoms with Gasteiger partial charge in [0.05, 0.1) is 38.1 Å². The fourth-order valence-corrected chi connectivity index (χ4v) is 6.13. The van der Waals surface area contributed by atoms with Crippen molar-refractivity contribution >= 4 is 38.6 Å². The third-order valence-electron chi connectivity index (χ3n) is 6.71. The van der Waals surface area contributed by atoms with Gasteiger partial charge in [-0.15, -0.1) is 16.4 Å². The van der Waals surface area contributed by atoms with Crippen molar-refractivity contribution in [3.05, 3.63) is 65.3 Å². The number of nitrogens with zero attached hydrogens (tertiary/aromatic N) is 5. The molecule has 0 bridgehead atoms. The molecule has 1 unspecified atom stereocenters. The summed E-state index contributed by atoms with van der Waals surface area (Å²) in [6.45, 7) is 0.864. The van der Waals surface area contributed by atoms with Crippen LogP contribution in [0.25, 0.3) is 38.0 Å². The van der Waals surface area contributed by atoms with Crippen LogP contribution in [0.2, 0.25) is 0 Å². The van der Waals surface area contributed by atoms with Crippen LogP contribution in [0.15, 0.2) is 58.5 Å². The summed E-state index contributed by atoms with van der Waals surface area (Å²) in [6, 6.07) is 13.7. The number of benzene rings is 2. The normalized spacial score (nSPS) is 12.4. The van der Waals surface area contributed by atoms with Crippen LogP contribution >= 0.6 is 22.7 Å². The number of aliphatic hydroxyl groups is 1. The van der Waals surface area contributed by atoms with Crippen molar-refractivity contribution in [1.82, 2.24) is 24.5 Å². The highest BCUT2D eigenvalue weighted by atomic mass is 32.1. The van der Waals surface area contributed by atoms with Crippen molar-refractivity contribution in [1.29, 1.82) is 0 Å². The van der Waals surface area contributed by atoms with Crippen LogP contribution in [0.1, 0.15) is 17.5 Å². The minimum Gasteiger partial charge on any atom is -0.496 e. The average molecular weight is 608 g/mol. The summed E-state index contributed by atoms with van der Waals surface area (Å²) in [5, 5.41) is 17.8. The zero-order valence-electron chi connectivity index (χ0n) is 23.4. The molecule has 0 fully saturated rings. The second kappa shape index (κ2) is 12.1. The maximum Gasteiger partial charge on any atom is 0.294 e. The molecule has 0 aliphatic carbocycles. The molecule has 11 nitrogen and oxygen atoms in total. The highest BCUT2D eigenvalue weighted by Crippen LogP contribution is 2.38. The molecular formula is C29H29N5O6S2. The third-order valence-corrected chi connectivity index (χ3v) is 8.53. The molecule has 6 rings (SSSR count). The Balaban J connectivity index is 1.20. The number of rotatable bonds is 12. The first-order valence-electron chi connectivity index (χ1n) is 13.0. The van der Waals surface area contributed by atoms with Crippen molar-refractivity contribution < 1.29 is 28.5 Å². The Kier molecular flexibility index (Phi) is 8.09. The summed E-state index contributed by atoms with van der Waals surface area (Å²) in [5.41, 5.74) is 4.10. The van der Waals surface area contributed by atoms with Gasteiger partial charge >= 0.3 is 0 Å². The maximum absolute atomic E-state index is 9.26. The predicted octanol–water partition coefficient (Wildman–Crippen LogP) is 5.49. The maximum atomic E-state index is 9.26. The fraction of sp³-hybridized carbons (Fsp3) is 0.276. The third kappa shape index (κ3) is 5.56. The van der Waals surface area contributed by atoms with E-state index in [4.69, 9.17) is 28.3 Å². The first-order chi connectivity index (χ1) is 20.5. The van der Waals surface area contributed by atoms with Crippen molar-refractivity contribution in [3.63, 3.8) is 0 Å². The Morgan fingerprint density at radius 3 is 2.62 bits per heavy atom. The lowest BCUT2D eigenvalue weighted by molar-refractivity contribution is -0.0262. The van der Waals surface area contributed by atoms with Gasteiger partial charge in [0.2, 0.25) is 4.96 Å². The molecule has 13 heteroatoms. The van der Waals surface area contributed by atoms with Gasteiger partial charge in [-0.2, -0.15) is 0 Å². The number of likely N-dealkylation sites (N-methyl/N-ethyl adjacent to an activating group) is 1. The minimum atomic E-state index is -0.236. The highest BCUT2D eigenvalue weighted by molar-refractivity contribution is 7.18. The van der Waals surface area contributed by atoms with Gasteiger partial charge in [0.15, 0.2) is 5.76 Å². The molecule has 1 atom stereocenters. The van der Waals surface area contributed by atoms with Gasteiger partial charge in [-0.25, -0.2) is 14.5 Å². The molecule has 0 spiro atoms. The summed E-state index contributed by atoms with van der Waals surface area (Å²) in [6.07, 6.45) is 1.57. The van der Waals surface area contributed by atoms with E-state index in [0.717, 1.165) is 27.2 Å². The van der Waals surface area contributed by atoms with E-state index in [1.807, 2.05) is 59.8 Å². The standard InChI is InChI=1S/C29H29N5O6S2/c1-33(9-10-35)27(37-3)18-7-5-17(6-8-18)26-30-19(16-41-26)15-39-23-11-20(36-2)12-24-21(23)13-25(40-24)22-14-34-28(31-22)42-29(32-34)38-4/h5-8,11-14,16,27,35H,9-10,15H2,1-4H3. The van der Waals surface area contributed by atoms with E-state index in [1.54, 1.807) is 43.4 Å². The molecule has 2 aromatic carbocycles. The zero-order valence-corrected chi connectivity index (χ0v) is 25.1. The number of hydrogen-bond acceptors (Lipinski definition) is 12. The fourth-order valence-electron chi connectivity index (χ4n) is 4.62. The van der Waals surface area contributed by atoms with Crippen molar-refractivity contribution in [2.75, 3.05) is 41.5 Å². The van der Waals surface area contributed by atoms with Crippen molar-refractivity contribution in [2.45, 2.75) is 12.8 Å². The number of ether oxygens (including phenoxy) is 4. The molecular weight excluding hydrogens is 578 g/mol. The highest BCUT2D eigenvalue weighted by Gasteiger charge is 2.19. The lowest BCUT2D eigenvalue weighted by Crippen LogP contribution is -2.28. The number of furan rings is 1. The Hall–Kier alpha value is -4.01. The van der Waals surface area contributed by atoms with Crippen LogP contribution in [0.3, 0.4) is 0 Å². The quantitative estimate of drug-likeness (QED) is 0.179. The molecule has 0 aliphatic heterocycles. The lowest BCUT2D eigenvalue weighted by atomic mass is 10.1. The topological polar surface area (TPSA) is 117 Å². The minimum absolute atomic E-state index is 0.0679. The molecule has 0 saturated heterocycles. The summed E-state index contributed by atoms with van der Waals surface area (Å²) in [5.74, 6) is 1.84. The number of fused-ring (bicyclic) bond motifs is 2. The van der Waals surface area contributed by atoms with Crippen LogP contribution in [0, 0.1) is 0 Å². The summed E-state index contributed by atoms with van der Waals surface area (Å²) < 4.78 is 30.4. The van der Waals surface area contributed by atoms with Gasteiger partial charge in [0, 0.05) is 36.7 Å². The van der Waals surface area contributed by atoms with Crippen LogP contribution in [-0.4, -0.2) is 71.1 Å². The first kappa shape index (κ1) is 28.1. The number of aliphatic hydroxyl groups excluding tert-OH is 1. The van der Waals surface area contributed by atoms with E-state index < -0.39 is 0 Å². The van der Waals surface area contributed by atoms with E-state index in [9.17, 15) is 5.11 Å². The second-order valence-electron chi connectivity index (χ2n) is 9.42. The monoisotopic (exact) mass is 607 g/mol. The van der Waals surface area contributed by atoms with Gasteiger partial charge in [0.25, 0.3) is 5.19 Å². The lowest BCUT2D eigenvalue weighted by Gasteiger charge is -2.26. The Morgan fingerprint density at radius 1 is 1.07 bits per heavy atom. The first-order valence-corrected chi connectivity index (χ1v) is 14.7. The van der Waals surface area contributed by atoms with Gasteiger partial charge < -0.3 is 28.5 Å². The molecule has 0 amide bonds. The summed E-state index contributed by atoms with van der Waals surface area (Å²) in [7, 11) is 6.76. The molecule has 218 valence electrons. The van der Waals surface area contributed by atoms with Crippen LogP contribution in [0.5, 0.6) is 16.7 Å². The predicted molar refractivity (Wildman–Crippen MR) is 161 cm³/mol. The van der Waals surface area contributed by atoms with Gasteiger partial charge in [-0.05, 0) is 30.0 Å². The molecule has 0 radical (unpaired) electrons. The molecule has 42 heavy (non-hydrogen) atoms. The van der Waals surface area contributed by atoms with Gasteiger partial charge in [-0.3, -0.25) is 4.90 Å². The zero-order chi connectivity index (χ0) is 29.2. The number of aromatic nitrogens is 4. The van der Waals surface area contributed by atoms with Gasteiger partial charge in [0.1, 0.15) is 40.6 Å². The Labute approximate surface area is 249 Å². The molecule has 6 aromatic rings. The van der Waals surface area contributed by atoms with E-state index in [2.05, 4.69) is 10.1 Å². The van der Waals surface area contributed by atoms with Crippen LogP contribution < -0.4 is 14.2 Å².